The minimum absolute atomic E-state index is 0.749. The number of fused-ring (bicyclic) bond motifs is 1. The third-order valence-electron chi connectivity index (χ3n) is 2.41. The molecule has 0 bridgehead atoms. The van der Waals surface area contributed by atoms with Gasteiger partial charge in [0.15, 0.2) is 0 Å². The molecule has 1 nitrogen and oxygen atoms in total. The second kappa shape index (κ2) is 3.98. The predicted octanol–water partition coefficient (Wildman–Crippen LogP) is 3.04. The zero-order chi connectivity index (χ0) is 9.97. The van der Waals surface area contributed by atoms with Gasteiger partial charge in [-0.2, -0.15) is 0 Å². The fourth-order valence-corrected chi connectivity index (χ4v) is 2.85. The molecule has 0 amide bonds. The average Bonchev–Trinajstić information content (AvgIpc) is 2.27. The first-order valence-corrected chi connectivity index (χ1v) is 6.45. The van der Waals surface area contributed by atoms with Crippen molar-refractivity contribution in [1.29, 1.82) is 0 Å². The van der Waals surface area contributed by atoms with Crippen LogP contribution in [0, 0.1) is 0 Å². The minimum atomic E-state index is -1.58. The van der Waals surface area contributed by atoms with E-state index in [9.17, 15) is 4.57 Å². The Bertz CT molecular complexity index is 471. The van der Waals surface area contributed by atoms with Gasteiger partial charge in [0.05, 0.1) is 0 Å². The van der Waals surface area contributed by atoms with Crippen LogP contribution in [0.2, 0.25) is 0 Å². The standard InChI is InChI=1S/C12H13OP/c1-2-14(13)12-9-5-7-10-6-3-4-8-11(10)12/h3-9,14H,2H2,1H3. The fourth-order valence-electron chi connectivity index (χ4n) is 1.66. The summed E-state index contributed by atoms with van der Waals surface area (Å²) in [6.07, 6.45) is 0.749. The van der Waals surface area contributed by atoms with E-state index in [1.807, 2.05) is 37.3 Å². The molecule has 2 heteroatoms. The number of rotatable bonds is 2. The number of benzene rings is 2. The van der Waals surface area contributed by atoms with Gasteiger partial charge in [0.25, 0.3) is 0 Å². The SMILES string of the molecule is CC[PH](=O)c1cccc2ccccc12. The Morgan fingerprint density at radius 2 is 1.79 bits per heavy atom. The summed E-state index contributed by atoms with van der Waals surface area (Å²) in [4.78, 5) is 0. The summed E-state index contributed by atoms with van der Waals surface area (Å²) < 4.78 is 11.8. The molecule has 0 spiro atoms. The van der Waals surface area contributed by atoms with Crippen molar-refractivity contribution in [3.05, 3.63) is 42.5 Å². The van der Waals surface area contributed by atoms with Crippen molar-refractivity contribution < 1.29 is 4.57 Å². The lowest BCUT2D eigenvalue weighted by Gasteiger charge is -2.04. The van der Waals surface area contributed by atoms with Gasteiger partial charge in [0, 0.05) is 5.30 Å². The number of hydrogen-bond acceptors (Lipinski definition) is 1. The molecule has 2 rings (SSSR count). The molecule has 1 atom stereocenters. The fraction of sp³-hybridized carbons (Fsp3) is 0.167. The highest BCUT2D eigenvalue weighted by molar-refractivity contribution is 7.54. The Kier molecular flexibility index (Phi) is 2.69. The number of hydrogen-bond donors (Lipinski definition) is 0. The largest absolute Gasteiger partial charge is 0.322 e. The highest BCUT2D eigenvalue weighted by atomic mass is 31.1. The van der Waals surface area contributed by atoms with Crippen LogP contribution in [0.5, 0.6) is 0 Å². The lowest BCUT2D eigenvalue weighted by Crippen LogP contribution is -1.98. The van der Waals surface area contributed by atoms with Gasteiger partial charge in [-0.3, -0.25) is 0 Å². The molecule has 0 fully saturated rings. The van der Waals surface area contributed by atoms with E-state index in [1.165, 1.54) is 5.39 Å². The van der Waals surface area contributed by atoms with Gasteiger partial charge in [-0.25, -0.2) is 0 Å². The van der Waals surface area contributed by atoms with E-state index in [-0.39, 0.29) is 0 Å². The van der Waals surface area contributed by atoms with Crippen LogP contribution >= 0.6 is 7.80 Å². The summed E-state index contributed by atoms with van der Waals surface area (Å²) in [6, 6.07) is 14.1. The quantitative estimate of drug-likeness (QED) is 0.687. The Morgan fingerprint density at radius 3 is 2.57 bits per heavy atom. The topological polar surface area (TPSA) is 17.1 Å². The minimum Gasteiger partial charge on any atom is -0.322 e. The zero-order valence-corrected chi connectivity index (χ0v) is 9.16. The Balaban J connectivity index is 2.71. The van der Waals surface area contributed by atoms with Crippen molar-refractivity contribution in [1.82, 2.24) is 0 Å². The first kappa shape index (κ1) is 9.48. The van der Waals surface area contributed by atoms with Gasteiger partial charge < -0.3 is 4.57 Å². The molecule has 0 aliphatic heterocycles. The van der Waals surface area contributed by atoms with Crippen LogP contribution in [0.3, 0.4) is 0 Å². The van der Waals surface area contributed by atoms with Gasteiger partial charge in [0.1, 0.15) is 7.80 Å². The second-order valence-electron chi connectivity index (χ2n) is 3.30. The van der Waals surface area contributed by atoms with Gasteiger partial charge in [-0.1, -0.05) is 49.4 Å². The van der Waals surface area contributed by atoms with Crippen molar-refractivity contribution in [2.45, 2.75) is 6.92 Å². The van der Waals surface area contributed by atoms with E-state index in [2.05, 4.69) is 12.1 Å². The van der Waals surface area contributed by atoms with Crippen molar-refractivity contribution in [3.63, 3.8) is 0 Å². The van der Waals surface area contributed by atoms with Gasteiger partial charge in [-0.15, -0.1) is 0 Å². The summed E-state index contributed by atoms with van der Waals surface area (Å²) in [6.45, 7) is 1.98. The van der Waals surface area contributed by atoms with E-state index >= 15 is 0 Å². The first-order chi connectivity index (χ1) is 6.83. The van der Waals surface area contributed by atoms with Crippen LogP contribution in [0.1, 0.15) is 6.92 Å². The second-order valence-corrected chi connectivity index (χ2v) is 5.40. The normalized spacial score (nSPS) is 12.9. The molecule has 0 saturated heterocycles. The van der Waals surface area contributed by atoms with Crippen LogP contribution in [-0.2, 0) is 4.57 Å². The van der Waals surface area contributed by atoms with Crippen LogP contribution in [0.4, 0.5) is 0 Å². The summed E-state index contributed by atoms with van der Waals surface area (Å²) in [5.41, 5.74) is 0. The van der Waals surface area contributed by atoms with E-state index in [4.69, 9.17) is 0 Å². The molecule has 72 valence electrons. The van der Waals surface area contributed by atoms with E-state index in [1.54, 1.807) is 0 Å². The van der Waals surface area contributed by atoms with E-state index < -0.39 is 7.80 Å². The lowest BCUT2D eigenvalue weighted by atomic mass is 10.1. The molecule has 2 aromatic rings. The Morgan fingerprint density at radius 1 is 1.07 bits per heavy atom. The smallest absolute Gasteiger partial charge is 0.104 e. The third-order valence-corrected chi connectivity index (χ3v) is 4.09. The third kappa shape index (κ3) is 1.60. The monoisotopic (exact) mass is 204 g/mol. The molecular weight excluding hydrogens is 191 g/mol. The van der Waals surface area contributed by atoms with E-state index in [0.29, 0.717) is 0 Å². The molecule has 14 heavy (non-hydrogen) atoms. The maximum Gasteiger partial charge on any atom is 0.104 e. The van der Waals surface area contributed by atoms with Crippen molar-refractivity contribution in [2.75, 3.05) is 6.16 Å². The summed E-state index contributed by atoms with van der Waals surface area (Å²) in [7, 11) is -1.58. The molecule has 0 aliphatic rings. The van der Waals surface area contributed by atoms with Gasteiger partial charge in [0.2, 0.25) is 0 Å². The molecule has 0 radical (unpaired) electrons. The molecule has 0 heterocycles. The summed E-state index contributed by atoms with van der Waals surface area (Å²) in [5.74, 6) is 0. The van der Waals surface area contributed by atoms with Crippen LogP contribution in [0.25, 0.3) is 10.8 Å². The predicted molar refractivity (Wildman–Crippen MR) is 63.1 cm³/mol. The maximum absolute atomic E-state index is 11.8. The molecule has 0 N–H and O–H groups in total. The van der Waals surface area contributed by atoms with Crippen LogP contribution in [-0.4, -0.2) is 6.16 Å². The molecular formula is C12H13OP. The Labute approximate surface area is 84.5 Å². The molecule has 0 aliphatic carbocycles. The molecule has 0 aromatic heterocycles. The zero-order valence-electron chi connectivity index (χ0n) is 8.16. The first-order valence-electron chi connectivity index (χ1n) is 4.84. The van der Waals surface area contributed by atoms with Crippen molar-refractivity contribution >= 4 is 23.9 Å². The summed E-state index contributed by atoms with van der Waals surface area (Å²) in [5, 5.41) is 3.34. The average molecular weight is 204 g/mol. The van der Waals surface area contributed by atoms with Gasteiger partial charge >= 0.3 is 0 Å². The highest BCUT2D eigenvalue weighted by Crippen LogP contribution is 2.24. The Hall–Kier alpha value is -1.07. The molecule has 2 aromatic carbocycles. The highest BCUT2D eigenvalue weighted by Gasteiger charge is 2.04. The van der Waals surface area contributed by atoms with Crippen molar-refractivity contribution in [2.24, 2.45) is 0 Å². The van der Waals surface area contributed by atoms with Crippen molar-refractivity contribution in [3.8, 4) is 0 Å². The summed E-state index contributed by atoms with van der Waals surface area (Å²) >= 11 is 0. The maximum atomic E-state index is 11.8. The van der Waals surface area contributed by atoms with Crippen LogP contribution < -0.4 is 5.30 Å². The lowest BCUT2D eigenvalue weighted by molar-refractivity contribution is 0.594. The molecule has 0 saturated carbocycles. The van der Waals surface area contributed by atoms with E-state index in [0.717, 1.165) is 16.9 Å². The van der Waals surface area contributed by atoms with Crippen LogP contribution in [0.15, 0.2) is 42.5 Å². The van der Waals surface area contributed by atoms with Gasteiger partial charge in [-0.05, 0) is 16.9 Å². The molecule has 1 unspecified atom stereocenters.